The van der Waals surface area contributed by atoms with Crippen LogP contribution in [0.5, 0.6) is 0 Å². The highest BCUT2D eigenvalue weighted by Gasteiger charge is 2.29. The summed E-state index contributed by atoms with van der Waals surface area (Å²) in [5.74, 6) is -0.475. The zero-order valence-electron chi connectivity index (χ0n) is 14.6. The molecule has 6 nitrogen and oxygen atoms in total. The van der Waals surface area contributed by atoms with Crippen LogP contribution in [0.25, 0.3) is 0 Å². The quantitative estimate of drug-likeness (QED) is 0.819. The lowest BCUT2D eigenvalue weighted by atomic mass is 10.1. The van der Waals surface area contributed by atoms with Crippen LogP contribution in [0.3, 0.4) is 0 Å². The van der Waals surface area contributed by atoms with Crippen LogP contribution < -0.4 is 5.32 Å². The van der Waals surface area contributed by atoms with Crippen LogP contribution in [0.4, 0.5) is 10.1 Å². The predicted octanol–water partition coefficient (Wildman–Crippen LogP) is 2.55. The molecule has 0 atom stereocenters. The van der Waals surface area contributed by atoms with E-state index in [9.17, 15) is 22.7 Å². The molecule has 1 saturated heterocycles. The Morgan fingerprint density at radius 2 is 1.85 bits per heavy atom. The molecule has 0 aliphatic carbocycles. The lowest BCUT2D eigenvalue weighted by molar-refractivity contribution is 0.102. The van der Waals surface area contributed by atoms with E-state index in [1.807, 2.05) is 0 Å². The molecular formula is C19H21FN2O4S. The number of halogens is 1. The maximum atomic E-state index is 12.8. The molecule has 144 valence electrons. The first-order valence-electron chi connectivity index (χ1n) is 8.64. The molecule has 0 spiro atoms. The number of rotatable bonds is 5. The highest BCUT2D eigenvalue weighted by Crippen LogP contribution is 2.22. The second-order valence-electron chi connectivity index (χ2n) is 6.45. The molecule has 1 heterocycles. The molecule has 2 aromatic carbocycles. The maximum Gasteiger partial charge on any atom is 0.255 e. The van der Waals surface area contributed by atoms with Crippen molar-refractivity contribution in [2.75, 3.05) is 18.4 Å². The second kappa shape index (κ2) is 8.16. The van der Waals surface area contributed by atoms with Crippen LogP contribution in [0, 0.1) is 0 Å². The molecule has 1 amide bonds. The van der Waals surface area contributed by atoms with Gasteiger partial charge in [-0.3, -0.25) is 4.79 Å². The molecule has 0 radical (unpaired) electrons. The number of alkyl halides is 1. The van der Waals surface area contributed by atoms with Gasteiger partial charge < -0.3 is 10.4 Å². The first-order chi connectivity index (χ1) is 12.9. The number of aliphatic hydroxyl groups excluding tert-OH is 1. The van der Waals surface area contributed by atoms with Crippen molar-refractivity contribution in [3.8, 4) is 0 Å². The summed E-state index contributed by atoms with van der Waals surface area (Å²) in [4.78, 5) is 12.5. The molecule has 27 heavy (non-hydrogen) atoms. The normalized spacial score (nSPS) is 16.2. The predicted molar refractivity (Wildman–Crippen MR) is 99.6 cm³/mol. The summed E-state index contributed by atoms with van der Waals surface area (Å²) in [6, 6.07) is 12.2. The number of nitrogens with zero attached hydrogens (tertiary/aromatic N) is 1. The van der Waals surface area contributed by atoms with E-state index in [0.717, 1.165) is 0 Å². The smallest absolute Gasteiger partial charge is 0.255 e. The van der Waals surface area contributed by atoms with E-state index < -0.39 is 28.7 Å². The topological polar surface area (TPSA) is 86.7 Å². The van der Waals surface area contributed by atoms with Crippen LogP contribution in [-0.4, -0.2) is 42.9 Å². The third-order valence-electron chi connectivity index (χ3n) is 4.50. The molecule has 0 aromatic heterocycles. The second-order valence-corrected chi connectivity index (χ2v) is 8.39. The monoisotopic (exact) mass is 392 g/mol. The number of carbonyl (C=O) groups excluding carboxylic acids is 1. The van der Waals surface area contributed by atoms with Crippen molar-refractivity contribution in [2.24, 2.45) is 0 Å². The Balaban J connectivity index is 1.79. The van der Waals surface area contributed by atoms with Gasteiger partial charge in [0.05, 0.1) is 11.0 Å². The largest absolute Gasteiger partial charge is 0.393 e. The summed E-state index contributed by atoms with van der Waals surface area (Å²) in [6.07, 6.45) is 0.308. The lowest BCUT2D eigenvalue weighted by Crippen LogP contribution is -2.40. The number of hydrogen-bond acceptors (Lipinski definition) is 4. The molecule has 1 aliphatic rings. The highest BCUT2D eigenvalue weighted by molar-refractivity contribution is 7.89. The van der Waals surface area contributed by atoms with E-state index in [0.29, 0.717) is 24.1 Å². The fourth-order valence-corrected chi connectivity index (χ4v) is 4.48. The van der Waals surface area contributed by atoms with Crippen LogP contribution in [-0.2, 0) is 16.7 Å². The number of anilines is 1. The Labute approximate surface area is 157 Å². The van der Waals surface area contributed by atoms with Gasteiger partial charge in [0.25, 0.3) is 5.91 Å². The van der Waals surface area contributed by atoms with E-state index in [2.05, 4.69) is 5.32 Å². The van der Waals surface area contributed by atoms with Crippen molar-refractivity contribution in [1.29, 1.82) is 0 Å². The lowest BCUT2D eigenvalue weighted by Gasteiger charge is -2.28. The molecule has 0 saturated carbocycles. The fraction of sp³-hybridized carbons (Fsp3) is 0.316. The van der Waals surface area contributed by atoms with Crippen molar-refractivity contribution >= 4 is 21.6 Å². The fourth-order valence-electron chi connectivity index (χ4n) is 2.96. The zero-order chi connectivity index (χ0) is 19.4. The summed E-state index contributed by atoms with van der Waals surface area (Å²) >= 11 is 0. The van der Waals surface area contributed by atoms with E-state index >= 15 is 0 Å². The molecule has 1 fully saturated rings. The van der Waals surface area contributed by atoms with Gasteiger partial charge in [0.1, 0.15) is 6.67 Å². The first-order valence-corrected chi connectivity index (χ1v) is 10.1. The van der Waals surface area contributed by atoms with Gasteiger partial charge in [-0.2, -0.15) is 4.31 Å². The van der Waals surface area contributed by atoms with Crippen molar-refractivity contribution in [3.05, 3.63) is 59.7 Å². The van der Waals surface area contributed by atoms with Gasteiger partial charge in [0.2, 0.25) is 10.0 Å². The number of piperidine rings is 1. The van der Waals surface area contributed by atoms with E-state index in [4.69, 9.17) is 0 Å². The third kappa shape index (κ3) is 4.52. The number of benzene rings is 2. The average Bonchev–Trinajstić information content (AvgIpc) is 2.68. The standard InChI is InChI=1S/C19H21FN2O4S/c20-13-14-3-1-5-16(11-14)21-19(24)15-4-2-6-18(12-15)27(25,26)22-9-7-17(23)8-10-22/h1-6,11-12,17,23H,7-10,13H2,(H,21,24). The number of hydrogen-bond donors (Lipinski definition) is 2. The summed E-state index contributed by atoms with van der Waals surface area (Å²) in [6.45, 7) is -0.145. The summed E-state index contributed by atoms with van der Waals surface area (Å²) < 4.78 is 39.6. The van der Waals surface area contributed by atoms with Crippen molar-refractivity contribution < 1.29 is 22.7 Å². The Hall–Kier alpha value is -2.29. The Morgan fingerprint density at radius 3 is 2.56 bits per heavy atom. The van der Waals surface area contributed by atoms with E-state index in [1.54, 1.807) is 18.2 Å². The van der Waals surface area contributed by atoms with Gasteiger partial charge in [-0.05, 0) is 48.7 Å². The number of sulfonamides is 1. The van der Waals surface area contributed by atoms with Crippen molar-refractivity contribution in [3.63, 3.8) is 0 Å². The molecule has 2 N–H and O–H groups in total. The summed E-state index contributed by atoms with van der Waals surface area (Å²) in [7, 11) is -3.73. The Bertz CT molecular complexity index is 925. The number of amides is 1. The maximum absolute atomic E-state index is 12.8. The van der Waals surface area contributed by atoms with Crippen molar-refractivity contribution in [1.82, 2.24) is 4.31 Å². The van der Waals surface area contributed by atoms with E-state index in [1.165, 1.54) is 34.6 Å². The van der Waals surface area contributed by atoms with Gasteiger partial charge >= 0.3 is 0 Å². The van der Waals surface area contributed by atoms with Gasteiger partial charge in [0.15, 0.2) is 0 Å². The molecule has 0 bridgehead atoms. The highest BCUT2D eigenvalue weighted by atomic mass is 32.2. The minimum atomic E-state index is -3.73. The van der Waals surface area contributed by atoms with Crippen LogP contribution >= 0.6 is 0 Å². The average molecular weight is 392 g/mol. The number of aliphatic hydroxyl groups is 1. The molecule has 8 heteroatoms. The van der Waals surface area contributed by atoms with Crippen LogP contribution in [0.15, 0.2) is 53.4 Å². The Morgan fingerprint density at radius 1 is 1.15 bits per heavy atom. The van der Waals surface area contributed by atoms with Gasteiger partial charge in [-0.1, -0.05) is 18.2 Å². The number of nitrogens with one attached hydrogen (secondary N) is 1. The van der Waals surface area contributed by atoms with Gasteiger partial charge in [-0.15, -0.1) is 0 Å². The Kier molecular flexibility index (Phi) is 5.88. The molecule has 1 aliphatic heterocycles. The summed E-state index contributed by atoms with van der Waals surface area (Å²) in [5, 5.41) is 12.2. The molecule has 0 unspecified atom stereocenters. The molecular weight excluding hydrogens is 371 g/mol. The summed E-state index contributed by atoms with van der Waals surface area (Å²) in [5.41, 5.74) is 1.07. The van der Waals surface area contributed by atoms with Gasteiger partial charge in [-0.25, -0.2) is 12.8 Å². The van der Waals surface area contributed by atoms with Crippen LogP contribution in [0.1, 0.15) is 28.8 Å². The molecule has 3 rings (SSSR count). The first kappa shape index (κ1) is 19.5. The SMILES string of the molecule is O=C(Nc1cccc(CF)c1)c1cccc(S(=O)(=O)N2CCC(O)CC2)c1. The third-order valence-corrected chi connectivity index (χ3v) is 6.39. The number of carbonyl (C=O) groups is 1. The minimum Gasteiger partial charge on any atom is -0.393 e. The van der Waals surface area contributed by atoms with E-state index in [-0.39, 0.29) is 23.5 Å². The minimum absolute atomic E-state index is 0.0315. The zero-order valence-corrected chi connectivity index (χ0v) is 15.5. The van der Waals surface area contributed by atoms with Crippen LogP contribution in [0.2, 0.25) is 0 Å². The molecule has 2 aromatic rings. The van der Waals surface area contributed by atoms with Gasteiger partial charge in [0, 0.05) is 24.3 Å². The van der Waals surface area contributed by atoms with Crippen molar-refractivity contribution in [2.45, 2.75) is 30.5 Å².